The minimum atomic E-state index is -3.92. The Morgan fingerprint density at radius 1 is 1.04 bits per heavy atom. The number of hydrogen-bond donors (Lipinski definition) is 3. The van der Waals surface area contributed by atoms with Crippen LogP contribution < -0.4 is 15.4 Å². The number of rotatable bonds is 16. The molecule has 0 saturated heterocycles. The molecule has 1 heterocycles. The van der Waals surface area contributed by atoms with Gasteiger partial charge in [0.25, 0.3) is 11.6 Å². The van der Waals surface area contributed by atoms with E-state index in [-0.39, 0.29) is 55.1 Å². The lowest BCUT2D eigenvalue weighted by Gasteiger charge is -2.30. The van der Waals surface area contributed by atoms with Crippen LogP contribution in [-0.4, -0.2) is 81.5 Å². The molecular formula is C31H36N4O9S. The highest BCUT2D eigenvalue weighted by Gasteiger charge is 2.30. The maximum Gasteiger partial charge on any atom is 0.286 e. The zero-order valence-corrected chi connectivity index (χ0v) is 25.5. The van der Waals surface area contributed by atoms with E-state index in [9.17, 15) is 28.4 Å². The van der Waals surface area contributed by atoms with Gasteiger partial charge in [-0.05, 0) is 48.0 Å². The van der Waals surface area contributed by atoms with E-state index in [0.717, 1.165) is 9.87 Å². The third-order valence-corrected chi connectivity index (χ3v) is 8.93. The first-order chi connectivity index (χ1) is 21.7. The summed E-state index contributed by atoms with van der Waals surface area (Å²) in [6, 6.07) is 21.5. The Kier molecular flexibility index (Phi) is 11.9. The van der Waals surface area contributed by atoms with Gasteiger partial charge in [0.2, 0.25) is 16.3 Å². The van der Waals surface area contributed by atoms with Crippen LogP contribution in [0, 0.1) is 10.1 Å². The average molecular weight is 641 g/mol. The van der Waals surface area contributed by atoms with Gasteiger partial charge in [0.05, 0.1) is 30.1 Å². The molecule has 0 bridgehead atoms. The van der Waals surface area contributed by atoms with Crippen molar-refractivity contribution in [2.75, 3.05) is 51.8 Å². The molecule has 3 aromatic rings. The highest BCUT2D eigenvalue weighted by Crippen LogP contribution is 2.31. The van der Waals surface area contributed by atoms with Gasteiger partial charge in [-0.15, -0.1) is 0 Å². The molecule has 1 aliphatic rings. The second-order valence-electron chi connectivity index (χ2n) is 9.99. The molecule has 0 spiro atoms. The predicted molar refractivity (Wildman–Crippen MR) is 166 cm³/mol. The van der Waals surface area contributed by atoms with Crippen LogP contribution in [0.25, 0.3) is 0 Å². The van der Waals surface area contributed by atoms with Gasteiger partial charge in [-0.2, -0.15) is 4.31 Å². The molecular weight excluding hydrogens is 604 g/mol. The molecule has 240 valence electrons. The van der Waals surface area contributed by atoms with E-state index in [2.05, 4.69) is 10.6 Å². The molecule has 2 atom stereocenters. The van der Waals surface area contributed by atoms with Gasteiger partial charge in [-0.25, -0.2) is 8.42 Å². The van der Waals surface area contributed by atoms with Crippen LogP contribution >= 0.6 is 0 Å². The number of carbonyl (C=O) groups excluding carboxylic acids is 1. The number of nitrogens with one attached hydrogen (secondary N) is 2. The Hall–Kier alpha value is -4.50. The van der Waals surface area contributed by atoms with Gasteiger partial charge in [0.15, 0.2) is 5.76 Å². The molecule has 14 heteroatoms. The number of nitrogens with zero attached hydrogens (tertiary/aromatic N) is 2. The summed E-state index contributed by atoms with van der Waals surface area (Å²) < 4.78 is 44.6. The molecule has 3 aromatic carbocycles. The van der Waals surface area contributed by atoms with Crippen molar-refractivity contribution < 1.29 is 37.5 Å². The summed E-state index contributed by atoms with van der Waals surface area (Å²) in [5.74, 6) is -0.0465. The van der Waals surface area contributed by atoms with E-state index in [1.54, 1.807) is 30.3 Å². The van der Waals surface area contributed by atoms with E-state index >= 15 is 0 Å². The quantitative estimate of drug-likeness (QED) is 0.120. The molecule has 1 aliphatic heterocycles. The van der Waals surface area contributed by atoms with Crippen LogP contribution in [0.4, 0.5) is 11.4 Å². The number of aliphatic hydroxyl groups is 1. The maximum atomic E-state index is 13.2. The highest BCUT2D eigenvalue weighted by atomic mass is 32.2. The number of sulfonamides is 1. The molecule has 0 radical (unpaired) electrons. The van der Waals surface area contributed by atoms with E-state index in [1.807, 2.05) is 30.3 Å². The van der Waals surface area contributed by atoms with Crippen molar-refractivity contribution in [2.24, 2.45) is 0 Å². The summed E-state index contributed by atoms with van der Waals surface area (Å²) in [5.41, 5.74) is 1.62. The van der Waals surface area contributed by atoms with Gasteiger partial charge >= 0.3 is 0 Å². The minimum Gasteiger partial charge on any atom is -0.497 e. The fourth-order valence-corrected chi connectivity index (χ4v) is 6.08. The molecule has 45 heavy (non-hydrogen) atoms. The third-order valence-electron chi connectivity index (χ3n) is 7.02. The summed E-state index contributed by atoms with van der Waals surface area (Å²) in [5, 5.41) is 26.3. The summed E-state index contributed by atoms with van der Waals surface area (Å²) >= 11 is 0. The average Bonchev–Trinajstić information content (AvgIpc) is 3.06. The van der Waals surface area contributed by atoms with E-state index in [1.165, 1.54) is 31.4 Å². The zero-order chi connectivity index (χ0) is 32.2. The number of carbonyl (C=O) groups is 1. The molecule has 0 aromatic heterocycles. The van der Waals surface area contributed by atoms with Crippen molar-refractivity contribution in [3.05, 3.63) is 106 Å². The number of methoxy groups -OCH3 is 1. The molecule has 0 saturated carbocycles. The number of non-ortho nitro benzene ring substituents is 1. The Morgan fingerprint density at radius 2 is 1.76 bits per heavy atom. The summed E-state index contributed by atoms with van der Waals surface area (Å²) in [6.07, 6.45) is 1.30. The first-order valence-corrected chi connectivity index (χ1v) is 15.7. The van der Waals surface area contributed by atoms with Gasteiger partial charge in [-0.1, -0.05) is 30.3 Å². The lowest BCUT2D eigenvalue weighted by Crippen LogP contribution is -2.38. The van der Waals surface area contributed by atoms with Crippen molar-refractivity contribution in [1.29, 1.82) is 0 Å². The molecule has 0 fully saturated rings. The lowest BCUT2D eigenvalue weighted by molar-refractivity contribution is -0.384. The first kappa shape index (κ1) is 33.4. The van der Waals surface area contributed by atoms with E-state index < -0.39 is 27.1 Å². The number of hydrogen-bond acceptors (Lipinski definition) is 10. The van der Waals surface area contributed by atoms with Gasteiger partial charge in [0, 0.05) is 56.3 Å². The summed E-state index contributed by atoms with van der Waals surface area (Å²) in [7, 11) is -2.44. The van der Waals surface area contributed by atoms with E-state index in [4.69, 9.17) is 14.2 Å². The maximum absolute atomic E-state index is 13.2. The normalized spacial score (nSPS) is 16.4. The number of amides is 1. The molecule has 13 nitrogen and oxygen atoms in total. The SMILES string of the molecule is COc1ccc(S(=O)(=O)N(CCO)CCO[C@@H]2C[C@H](c3ccccc3)C=C(C(=O)NCCNc3ccc([N+](=O)[O-])cc3)O2)cc1. The Morgan fingerprint density at radius 3 is 2.40 bits per heavy atom. The van der Waals surface area contributed by atoms with Crippen LogP contribution in [0.15, 0.2) is 95.6 Å². The van der Waals surface area contributed by atoms with Crippen LogP contribution in [0.1, 0.15) is 17.9 Å². The third kappa shape index (κ3) is 9.25. The van der Waals surface area contributed by atoms with Crippen LogP contribution in [0.2, 0.25) is 0 Å². The zero-order valence-electron chi connectivity index (χ0n) is 24.7. The monoisotopic (exact) mass is 640 g/mol. The molecule has 0 unspecified atom stereocenters. The van der Waals surface area contributed by atoms with Gasteiger partial charge in [0.1, 0.15) is 5.75 Å². The largest absolute Gasteiger partial charge is 0.497 e. The van der Waals surface area contributed by atoms with Crippen LogP contribution in [0.5, 0.6) is 5.75 Å². The number of allylic oxidation sites excluding steroid dienone is 1. The summed E-state index contributed by atoms with van der Waals surface area (Å²) in [4.78, 5) is 23.5. The molecule has 3 N–H and O–H groups in total. The van der Waals surface area contributed by atoms with Crippen molar-refractivity contribution in [3.63, 3.8) is 0 Å². The van der Waals surface area contributed by atoms with Gasteiger partial charge in [-0.3, -0.25) is 14.9 Å². The number of anilines is 1. The number of nitro groups is 1. The Labute approximate surface area is 261 Å². The van der Waals surface area contributed by atoms with Crippen molar-refractivity contribution >= 4 is 27.3 Å². The van der Waals surface area contributed by atoms with Crippen molar-refractivity contribution in [1.82, 2.24) is 9.62 Å². The topological polar surface area (TPSA) is 170 Å². The number of nitro benzene ring substituents is 1. The predicted octanol–water partition coefficient (Wildman–Crippen LogP) is 3.25. The second kappa shape index (κ2) is 16.0. The molecule has 1 amide bonds. The van der Waals surface area contributed by atoms with Gasteiger partial charge < -0.3 is 30.0 Å². The van der Waals surface area contributed by atoms with Crippen LogP contribution in [-0.2, 0) is 24.3 Å². The Balaban J connectivity index is 1.36. The van der Waals surface area contributed by atoms with Crippen LogP contribution in [0.3, 0.4) is 0 Å². The summed E-state index contributed by atoms with van der Waals surface area (Å²) in [6.45, 7) is 0.00837. The fraction of sp³-hybridized carbons (Fsp3) is 0.323. The van der Waals surface area contributed by atoms with E-state index in [0.29, 0.717) is 24.4 Å². The number of aliphatic hydroxyl groups excluding tert-OH is 1. The van der Waals surface area contributed by atoms with Crippen molar-refractivity contribution in [3.8, 4) is 5.75 Å². The standard InChI is InChI=1S/C31H36N4O9S/c1-42-27-11-13-28(14-12-27)45(40,41)34(17-19-36)18-20-43-30-22-24(23-5-3-2-4-6-23)21-29(44-30)31(37)33-16-15-32-25-7-9-26(10-8-25)35(38)39/h2-14,21,24,30,32,36H,15-20,22H2,1H3,(H,33,37)/t24-,30+/m1/s1. The fourth-order valence-electron chi connectivity index (χ4n) is 4.67. The molecule has 4 rings (SSSR count). The lowest BCUT2D eigenvalue weighted by atomic mass is 9.93. The molecule has 0 aliphatic carbocycles. The first-order valence-electron chi connectivity index (χ1n) is 14.3. The smallest absolute Gasteiger partial charge is 0.286 e. The Bertz CT molecular complexity index is 1550. The number of ether oxygens (including phenoxy) is 3. The van der Waals surface area contributed by atoms with Crippen molar-refractivity contribution in [2.45, 2.75) is 23.5 Å². The highest BCUT2D eigenvalue weighted by molar-refractivity contribution is 7.89. The minimum absolute atomic E-state index is 0.0139. The second-order valence-corrected chi connectivity index (χ2v) is 11.9. The number of benzene rings is 3.